The predicted octanol–water partition coefficient (Wildman–Crippen LogP) is 12.1. The third kappa shape index (κ3) is 11.6. The summed E-state index contributed by atoms with van der Waals surface area (Å²) in [4.78, 5) is 19.8. The average molecular weight is 812 g/mol. The van der Waals surface area contributed by atoms with Crippen LogP contribution in [0.4, 0.5) is 21.6 Å². The Morgan fingerprint density at radius 2 is 1.14 bits per heavy atom. The molecule has 0 aliphatic rings. The normalized spacial score (nSPS) is 11.3. The summed E-state index contributed by atoms with van der Waals surface area (Å²) in [5, 5.41) is 10.8. The van der Waals surface area contributed by atoms with E-state index in [4.69, 9.17) is 4.98 Å². The molecule has 8 rings (SSSR count). The molecule has 0 aliphatic carbocycles. The number of thiazole rings is 2. The molecule has 0 saturated carbocycles. The molecular weight excluding hydrogens is 763 g/mol. The van der Waals surface area contributed by atoms with Gasteiger partial charge >= 0.3 is 0 Å². The molecule has 0 amide bonds. The van der Waals surface area contributed by atoms with Gasteiger partial charge in [-0.2, -0.15) is 0 Å². The number of hydrogen-bond donors (Lipinski definition) is 2. The number of rotatable bonds is 19. The van der Waals surface area contributed by atoms with E-state index >= 15 is 0 Å². The number of likely N-dealkylation sites (N-methyl/N-ethyl adjacent to an activating group) is 1. The molecule has 0 bridgehead atoms. The topological polar surface area (TPSA) is 69.2 Å². The Labute approximate surface area is 356 Å². The highest BCUT2D eigenvalue weighted by Gasteiger charge is 2.12. The van der Waals surface area contributed by atoms with Gasteiger partial charge in [-0.1, -0.05) is 134 Å². The molecule has 5 aromatic carbocycles. The lowest BCUT2D eigenvalue weighted by Crippen LogP contribution is -2.26. The summed E-state index contributed by atoms with van der Waals surface area (Å²) < 4.78 is 0. The zero-order valence-electron chi connectivity index (χ0n) is 33.4. The van der Waals surface area contributed by atoms with Crippen LogP contribution in [0.3, 0.4) is 0 Å². The van der Waals surface area contributed by atoms with Crippen LogP contribution in [-0.2, 0) is 32.5 Å². The second-order valence-corrected chi connectivity index (χ2v) is 16.6. The Bertz CT molecular complexity index is 2470. The molecule has 0 spiro atoms. The second-order valence-electron chi connectivity index (χ2n) is 14.7. The lowest BCUT2D eigenvalue weighted by molar-refractivity contribution is 0.259. The van der Waals surface area contributed by atoms with Crippen molar-refractivity contribution in [1.29, 1.82) is 0 Å². The Hall–Kier alpha value is -5.97. The maximum Gasteiger partial charge on any atom is 0.187 e. The summed E-state index contributed by atoms with van der Waals surface area (Å²) in [5.74, 6) is 0. The fourth-order valence-corrected chi connectivity index (χ4v) is 8.69. The van der Waals surface area contributed by atoms with Crippen LogP contribution >= 0.6 is 22.7 Å². The smallest absolute Gasteiger partial charge is 0.187 e. The standard InChI is InChI=1S/C50H49N7S2/c1-2-56(29-26-38-20-24-46(25-21-38)54-50-55-47(37-58-50)43-15-7-4-8-16-43)35-41-13-9-14-42(31-41)36-57(34-40-11-5-3-6-12-40)30-27-39-18-22-45(23-19-39)53-49-52-33-48(59-49)44-17-10-28-51-32-44/h3-25,28,31-33,37H,2,26-27,29-30,34-36H2,1H3,(H,52,53)(H,54,55). The van der Waals surface area contributed by atoms with Gasteiger partial charge in [0.05, 0.1) is 10.6 Å². The first kappa shape index (κ1) is 39.8. The Morgan fingerprint density at radius 3 is 1.80 bits per heavy atom. The quantitative estimate of drug-likeness (QED) is 0.0843. The van der Waals surface area contributed by atoms with Crippen molar-refractivity contribution >= 4 is 44.3 Å². The SMILES string of the molecule is CCN(CCc1ccc(Nc2nc(-c3ccccc3)cs2)cc1)Cc1cccc(CN(CCc2ccc(Nc3ncc(-c4cccnc4)s3)cc2)Cc2ccccc2)c1. The zero-order valence-corrected chi connectivity index (χ0v) is 35.0. The van der Waals surface area contributed by atoms with Gasteiger partial charge in [-0.15, -0.1) is 11.3 Å². The van der Waals surface area contributed by atoms with Gasteiger partial charge in [0.2, 0.25) is 0 Å². The van der Waals surface area contributed by atoms with Crippen molar-refractivity contribution in [1.82, 2.24) is 24.8 Å². The summed E-state index contributed by atoms with van der Waals surface area (Å²) in [7, 11) is 0. The average Bonchev–Trinajstić information content (AvgIpc) is 3.97. The van der Waals surface area contributed by atoms with Gasteiger partial charge in [0.15, 0.2) is 10.3 Å². The highest BCUT2D eigenvalue weighted by Crippen LogP contribution is 2.31. The minimum absolute atomic E-state index is 0.874. The van der Waals surface area contributed by atoms with Gasteiger partial charge in [-0.05, 0) is 77.5 Å². The number of hydrogen-bond acceptors (Lipinski definition) is 9. The van der Waals surface area contributed by atoms with Crippen LogP contribution in [0.5, 0.6) is 0 Å². The van der Waals surface area contributed by atoms with Crippen molar-refractivity contribution < 1.29 is 0 Å². The Balaban J connectivity index is 0.841. The van der Waals surface area contributed by atoms with E-state index < -0.39 is 0 Å². The summed E-state index contributed by atoms with van der Waals surface area (Å²) >= 11 is 3.26. The molecule has 0 atom stereocenters. The molecule has 0 fully saturated rings. The molecule has 2 N–H and O–H groups in total. The number of benzene rings is 5. The minimum Gasteiger partial charge on any atom is -0.332 e. The molecule has 296 valence electrons. The van der Waals surface area contributed by atoms with Crippen LogP contribution in [0.1, 0.15) is 34.7 Å². The van der Waals surface area contributed by atoms with Crippen LogP contribution in [0, 0.1) is 0 Å². The van der Waals surface area contributed by atoms with Crippen molar-refractivity contribution in [3.05, 3.63) is 197 Å². The van der Waals surface area contributed by atoms with Crippen LogP contribution in [-0.4, -0.2) is 44.4 Å². The number of anilines is 4. The summed E-state index contributed by atoms with van der Waals surface area (Å²) in [6.45, 7) is 7.96. The minimum atomic E-state index is 0.874. The van der Waals surface area contributed by atoms with E-state index in [1.54, 1.807) is 28.9 Å². The molecule has 9 heteroatoms. The van der Waals surface area contributed by atoms with E-state index in [0.29, 0.717) is 0 Å². The monoisotopic (exact) mass is 811 g/mol. The van der Waals surface area contributed by atoms with E-state index in [2.05, 4.69) is 164 Å². The molecule has 59 heavy (non-hydrogen) atoms. The van der Waals surface area contributed by atoms with E-state index in [1.165, 1.54) is 27.8 Å². The first-order valence-electron chi connectivity index (χ1n) is 20.3. The molecule has 0 unspecified atom stereocenters. The Kier molecular flexibility index (Phi) is 13.6. The number of nitrogens with zero attached hydrogens (tertiary/aromatic N) is 5. The first-order chi connectivity index (χ1) is 29.1. The van der Waals surface area contributed by atoms with E-state index in [-0.39, 0.29) is 0 Å². The second kappa shape index (κ2) is 20.1. The van der Waals surface area contributed by atoms with E-state index in [9.17, 15) is 0 Å². The molecular formula is C50H49N7S2. The largest absolute Gasteiger partial charge is 0.332 e. The van der Waals surface area contributed by atoms with E-state index in [0.717, 1.165) is 95.4 Å². The maximum atomic E-state index is 4.78. The molecule has 3 aromatic heterocycles. The summed E-state index contributed by atoms with van der Waals surface area (Å²) in [5.41, 5.74) is 12.0. The number of nitrogens with one attached hydrogen (secondary N) is 2. The number of pyridine rings is 1. The van der Waals surface area contributed by atoms with Crippen LogP contribution in [0.15, 0.2) is 170 Å². The zero-order chi connectivity index (χ0) is 40.1. The molecule has 0 radical (unpaired) electrons. The van der Waals surface area contributed by atoms with Gasteiger partial charge in [-0.25, -0.2) is 9.97 Å². The maximum absolute atomic E-state index is 4.78. The third-order valence-corrected chi connectivity index (χ3v) is 12.1. The first-order valence-corrected chi connectivity index (χ1v) is 22.0. The fraction of sp³-hybridized carbons (Fsp3) is 0.180. The lowest BCUT2D eigenvalue weighted by atomic mass is 10.1. The predicted molar refractivity (Wildman–Crippen MR) is 248 cm³/mol. The highest BCUT2D eigenvalue weighted by atomic mass is 32.1. The van der Waals surface area contributed by atoms with Crippen LogP contribution in [0.2, 0.25) is 0 Å². The third-order valence-electron chi connectivity index (χ3n) is 10.4. The fourth-order valence-electron chi connectivity index (χ4n) is 7.12. The van der Waals surface area contributed by atoms with Gasteiger partial charge in [0.1, 0.15) is 0 Å². The molecule has 7 nitrogen and oxygen atoms in total. The lowest BCUT2D eigenvalue weighted by Gasteiger charge is -2.24. The Morgan fingerprint density at radius 1 is 0.542 bits per heavy atom. The molecule has 8 aromatic rings. The van der Waals surface area contributed by atoms with Gasteiger partial charge in [0.25, 0.3) is 0 Å². The van der Waals surface area contributed by atoms with Crippen molar-refractivity contribution in [3.8, 4) is 21.7 Å². The highest BCUT2D eigenvalue weighted by molar-refractivity contribution is 7.19. The van der Waals surface area contributed by atoms with Crippen molar-refractivity contribution in [2.24, 2.45) is 0 Å². The van der Waals surface area contributed by atoms with Crippen molar-refractivity contribution in [2.45, 2.75) is 39.4 Å². The van der Waals surface area contributed by atoms with Crippen LogP contribution in [0.25, 0.3) is 21.7 Å². The molecule has 0 aliphatic heterocycles. The van der Waals surface area contributed by atoms with Crippen molar-refractivity contribution in [2.75, 3.05) is 30.3 Å². The van der Waals surface area contributed by atoms with Crippen molar-refractivity contribution in [3.63, 3.8) is 0 Å². The van der Waals surface area contributed by atoms with E-state index in [1.807, 2.05) is 36.7 Å². The number of aromatic nitrogens is 3. The summed E-state index contributed by atoms with van der Waals surface area (Å²) in [6, 6.07) is 51.9. The van der Waals surface area contributed by atoms with Crippen LogP contribution < -0.4 is 10.6 Å². The molecule has 0 saturated heterocycles. The van der Waals surface area contributed by atoms with Gasteiger partial charge in [0, 0.05) is 79.2 Å². The summed E-state index contributed by atoms with van der Waals surface area (Å²) in [6.07, 6.45) is 7.54. The molecule has 3 heterocycles. The van der Waals surface area contributed by atoms with Gasteiger partial charge < -0.3 is 10.6 Å². The van der Waals surface area contributed by atoms with Gasteiger partial charge in [-0.3, -0.25) is 14.8 Å².